The summed E-state index contributed by atoms with van der Waals surface area (Å²) in [6, 6.07) is 56.4. The molecule has 6 nitrogen and oxygen atoms in total. The van der Waals surface area contributed by atoms with Gasteiger partial charge in [0.15, 0.2) is 23.2 Å². The molecule has 0 saturated carbocycles. The van der Waals surface area contributed by atoms with Gasteiger partial charge >= 0.3 is 0 Å². The molecule has 0 amide bonds. The number of benzene rings is 7. The van der Waals surface area contributed by atoms with E-state index >= 15 is 0 Å². The van der Waals surface area contributed by atoms with E-state index in [1.807, 2.05) is 91.0 Å². The molecule has 13 rings (SSSR count). The quantitative estimate of drug-likeness (QED) is 0.157. The highest BCUT2D eigenvalue weighted by atomic mass is 16.3. The molecule has 7 aromatic carbocycles. The minimum Gasteiger partial charge on any atom is -0.456 e. The van der Waals surface area contributed by atoms with Crippen molar-refractivity contribution in [1.82, 2.24) is 19.5 Å². The standard InChI is InChI=1S/C57H34N4O2/c1-3-15-35(16-4-1)55-58-56(36-17-5-2-6-18-36)60-57(59-55)44-24-14-28-52-53(44)46-34-38(30-32-51(46)62-52)37-29-31-49-45(33-37)40-20-8-11-26-48(40)61(49)47-25-10-7-19-39(47)42-22-13-23-43-41-21-9-12-27-50(41)63-54(42)43/h1-10,12,14-21,23-25,27-34H,11,26H2. The molecule has 294 valence electrons. The zero-order valence-electron chi connectivity index (χ0n) is 33.8. The number of rotatable bonds is 6. The summed E-state index contributed by atoms with van der Waals surface area (Å²) in [5.41, 5.74) is 21.9. The van der Waals surface area contributed by atoms with Gasteiger partial charge in [0.25, 0.3) is 0 Å². The Balaban J connectivity index is 0.958. The van der Waals surface area contributed by atoms with Crippen molar-refractivity contribution in [2.45, 2.75) is 12.8 Å². The lowest BCUT2D eigenvalue weighted by Gasteiger charge is -2.18. The average Bonchev–Trinajstić information content (AvgIpc) is 4.04. The van der Waals surface area contributed by atoms with Crippen LogP contribution in [0.25, 0.3) is 113 Å². The van der Waals surface area contributed by atoms with Gasteiger partial charge in [-0.1, -0.05) is 145 Å². The third-order valence-corrected chi connectivity index (χ3v) is 12.4. The second kappa shape index (κ2) is 14.0. The first-order valence-electron chi connectivity index (χ1n) is 21.2. The predicted molar refractivity (Wildman–Crippen MR) is 253 cm³/mol. The minimum atomic E-state index is 0.593. The molecule has 0 fully saturated rings. The third-order valence-electron chi connectivity index (χ3n) is 12.4. The molecule has 0 bridgehead atoms. The van der Waals surface area contributed by atoms with E-state index in [4.69, 9.17) is 23.8 Å². The van der Waals surface area contributed by atoms with E-state index in [-0.39, 0.29) is 0 Å². The first-order valence-corrected chi connectivity index (χ1v) is 21.2. The lowest BCUT2D eigenvalue weighted by atomic mass is 9.96. The number of nitrogens with zero attached hydrogens (tertiary/aromatic N) is 4. The maximum Gasteiger partial charge on any atom is 0.164 e. The monoisotopic (exact) mass is 806 g/mol. The highest BCUT2D eigenvalue weighted by molar-refractivity contribution is 6.13. The Bertz CT molecular complexity index is 3760. The molecule has 4 heterocycles. The van der Waals surface area contributed by atoms with E-state index in [0.29, 0.717) is 17.5 Å². The Morgan fingerprint density at radius 1 is 0.508 bits per heavy atom. The number of fused-ring (bicyclic) bond motifs is 9. The van der Waals surface area contributed by atoms with Crippen molar-refractivity contribution in [2.75, 3.05) is 0 Å². The van der Waals surface area contributed by atoms with Gasteiger partial charge in [0.05, 0.1) is 16.8 Å². The molecular formula is C57H34N4O2. The summed E-state index contributed by atoms with van der Waals surface area (Å²) < 4.78 is 15.5. The number of furan rings is 2. The van der Waals surface area contributed by atoms with Crippen molar-refractivity contribution in [1.29, 1.82) is 0 Å². The van der Waals surface area contributed by atoms with E-state index in [1.54, 1.807) is 0 Å². The van der Waals surface area contributed by atoms with Crippen molar-refractivity contribution < 1.29 is 8.83 Å². The Labute approximate surface area is 361 Å². The first kappa shape index (κ1) is 35.2. The number of hydrogen-bond donors (Lipinski definition) is 0. The Morgan fingerprint density at radius 3 is 2.00 bits per heavy atom. The number of aromatic nitrogens is 4. The lowest BCUT2D eigenvalue weighted by Crippen LogP contribution is -2.06. The van der Waals surface area contributed by atoms with Crippen molar-refractivity contribution >= 4 is 61.5 Å². The molecule has 4 aromatic heterocycles. The molecule has 0 unspecified atom stereocenters. The predicted octanol–water partition coefficient (Wildman–Crippen LogP) is 14.3. The fourth-order valence-corrected chi connectivity index (χ4v) is 9.50. The van der Waals surface area contributed by atoms with Crippen LogP contribution in [0, 0.1) is 0 Å². The van der Waals surface area contributed by atoms with Crippen LogP contribution in [0.3, 0.4) is 0 Å². The lowest BCUT2D eigenvalue weighted by molar-refractivity contribution is 0.599. The average molecular weight is 807 g/mol. The molecule has 0 atom stereocenters. The van der Waals surface area contributed by atoms with Crippen LogP contribution in [0.4, 0.5) is 0 Å². The Morgan fingerprint density at radius 2 is 1.17 bits per heavy atom. The van der Waals surface area contributed by atoms with Crippen molar-refractivity contribution in [2.24, 2.45) is 0 Å². The van der Waals surface area contributed by atoms with Crippen LogP contribution in [0.15, 0.2) is 190 Å². The van der Waals surface area contributed by atoms with Crippen LogP contribution in [-0.2, 0) is 6.42 Å². The smallest absolute Gasteiger partial charge is 0.164 e. The second-order valence-corrected chi connectivity index (χ2v) is 16.0. The topological polar surface area (TPSA) is 69.9 Å². The van der Waals surface area contributed by atoms with Gasteiger partial charge in [-0.2, -0.15) is 0 Å². The van der Waals surface area contributed by atoms with E-state index < -0.39 is 0 Å². The zero-order valence-corrected chi connectivity index (χ0v) is 33.8. The summed E-state index contributed by atoms with van der Waals surface area (Å²) in [5, 5.41) is 4.25. The highest BCUT2D eigenvalue weighted by Gasteiger charge is 2.26. The van der Waals surface area contributed by atoms with Gasteiger partial charge in [0.2, 0.25) is 0 Å². The Kier molecular flexibility index (Phi) is 7.84. The molecule has 63 heavy (non-hydrogen) atoms. The SMILES string of the molecule is C1=C=C(c2ccccc2-n2c3c(c4cc(-c5ccc6oc7cccc(-c8nc(-c9ccccc9)nc(-c9ccccc9)n8)c7c6c5)ccc42)C=CCC3)c2oc3ccccc3c2C=1. The molecule has 2 aliphatic rings. The molecule has 6 heteroatoms. The van der Waals surface area contributed by atoms with Crippen LogP contribution >= 0.6 is 0 Å². The maximum absolute atomic E-state index is 6.53. The maximum atomic E-state index is 6.53. The molecule has 0 aliphatic heterocycles. The van der Waals surface area contributed by atoms with Gasteiger partial charge in [-0.3, -0.25) is 0 Å². The third kappa shape index (κ3) is 5.64. The van der Waals surface area contributed by atoms with Gasteiger partial charge in [0.1, 0.15) is 16.7 Å². The zero-order chi connectivity index (χ0) is 41.4. The first-order chi connectivity index (χ1) is 31.2. The van der Waals surface area contributed by atoms with E-state index in [2.05, 4.69) is 107 Å². The number of para-hydroxylation sites is 2. The molecule has 11 aromatic rings. The summed E-state index contributed by atoms with van der Waals surface area (Å²) in [6.45, 7) is 0. The normalized spacial score (nSPS) is 13.0. The summed E-state index contributed by atoms with van der Waals surface area (Å²) in [4.78, 5) is 15.1. The van der Waals surface area contributed by atoms with Crippen LogP contribution < -0.4 is 0 Å². The van der Waals surface area contributed by atoms with Gasteiger partial charge in [-0.25, -0.2) is 15.0 Å². The minimum absolute atomic E-state index is 0.593. The fourth-order valence-electron chi connectivity index (χ4n) is 9.50. The van der Waals surface area contributed by atoms with E-state index in [9.17, 15) is 0 Å². The second-order valence-electron chi connectivity index (χ2n) is 16.0. The molecule has 0 N–H and O–H groups in total. The summed E-state index contributed by atoms with van der Waals surface area (Å²) in [6.07, 6.45) is 8.48. The molecule has 0 saturated heterocycles. The number of hydrogen-bond acceptors (Lipinski definition) is 5. The van der Waals surface area contributed by atoms with Crippen molar-refractivity contribution in [3.05, 3.63) is 209 Å². The van der Waals surface area contributed by atoms with Gasteiger partial charge in [-0.05, 0) is 66.4 Å². The molecule has 0 spiro atoms. The summed E-state index contributed by atoms with van der Waals surface area (Å²) in [5.74, 6) is 2.65. The highest BCUT2D eigenvalue weighted by Crippen LogP contribution is 2.43. The Hall–Kier alpha value is -8.53. The van der Waals surface area contributed by atoms with Crippen LogP contribution in [0.2, 0.25) is 0 Å². The van der Waals surface area contributed by atoms with Crippen LogP contribution in [0.1, 0.15) is 34.6 Å². The van der Waals surface area contributed by atoms with Crippen LogP contribution in [0.5, 0.6) is 0 Å². The van der Waals surface area contributed by atoms with Crippen molar-refractivity contribution in [3.63, 3.8) is 0 Å². The fraction of sp³-hybridized carbons (Fsp3) is 0.0351. The largest absolute Gasteiger partial charge is 0.456 e. The van der Waals surface area contributed by atoms with E-state index in [0.717, 1.165) is 107 Å². The van der Waals surface area contributed by atoms with E-state index in [1.165, 1.54) is 16.6 Å². The molecular weight excluding hydrogens is 773 g/mol. The van der Waals surface area contributed by atoms with Crippen molar-refractivity contribution in [3.8, 4) is 51.0 Å². The summed E-state index contributed by atoms with van der Waals surface area (Å²) >= 11 is 0. The number of allylic oxidation sites excluding steroid dienone is 1. The van der Waals surface area contributed by atoms with Gasteiger partial charge in [0, 0.05) is 66.7 Å². The summed E-state index contributed by atoms with van der Waals surface area (Å²) in [7, 11) is 0. The van der Waals surface area contributed by atoms with Gasteiger partial charge < -0.3 is 13.4 Å². The molecule has 2 aliphatic carbocycles. The molecule has 0 radical (unpaired) electrons. The van der Waals surface area contributed by atoms with Crippen LogP contribution in [-0.4, -0.2) is 19.5 Å². The van der Waals surface area contributed by atoms with Gasteiger partial charge in [-0.15, -0.1) is 0 Å².